The van der Waals surface area contributed by atoms with Gasteiger partial charge in [0.15, 0.2) is 0 Å². The average Bonchev–Trinajstić information content (AvgIpc) is 2.37. The highest BCUT2D eigenvalue weighted by atomic mass is 35.5. The molecule has 0 aliphatic heterocycles. The van der Waals surface area contributed by atoms with Gasteiger partial charge in [0.25, 0.3) is 0 Å². The summed E-state index contributed by atoms with van der Waals surface area (Å²) in [5.74, 6) is 1.25. The van der Waals surface area contributed by atoms with Crippen LogP contribution in [-0.2, 0) is 4.74 Å². The van der Waals surface area contributed by atoms with Gasteiger partial charge in [-0.2, -0.15) is 4.98 Å². The first kappa shape index (κ1) is 15.0. The van der Waals surface area contributed by atoms with Crippen molar-refractivity contribution in [3.05, 3.63) is 11.2 Å². The van der Waals surface area contributed by atoms with E-state index in [1.165, 1.54) is 0 Å². The molecule has 0 saturated heterocycles. The Kier molecular flexibility index (Phi) is 7.44. The SMILES string of the molecule is CCCOCCCNc1nc(NCC)ncc1Cl. The van der Waals surface area contributed by atoms with Gasteiger partial charge in [0.2, 0.25) is 5.95 Å². The van der Waals surface area contributed by atoms with Crippen molar-refractivity contribution in [2.75, 3.05) is 36.9 Å². The fourth-order valence-electron chi connectivity index (χ4n) is 1.36. The Morgan fingerprint density at radius 2 is 2.11 bits per heavy atom. The lowest BCUT2D eigenvalue weighted by Gasteiger charge is -2.09. The quantitative estimate of drug-likeness (QED) is 0.677. The van der Waals surface area contributed by atoms with Crippen molar-refractivity contribution in [2.45, 2.75) is 26.7 Å². The molecular formula is C12H21ClN4O. The summed E-state index contributed by atoms with van der Waals surface area (Å²) in [6.07, 6.45) is 3.58. The Morgan fingerprint density at radius 3 is 2.83 bits per heavy atom. The van der Waals surface area contributed by atoms with E-state index in [0.29, 0.717) is 16.8 Å². The third-order valence-corrected chi connectivity index (χ3v) is 2.46. The lowest BCUT2D eigenvalue weighted by atomic mass is 10.4. The Labute approximate surface area is 113 Å². The summed E-state index contributed by atoms with van der Waals surface area (Å²) in [6, 6.07) is 0. The third kappa shape index (κ3) is 5.51. The number of rotatable bonds is 9. The van der Waals surface area contributed by atoms with Crippen LogP contribution in [0, 0.1) is 0 Å². The molecule has 1 aromatic heterocycles. The second-order valence-corrected chi connectivity index (χ2v) is 4.22. The highest BCUT2D eigenvalue weighted by Crippen LogP contribution is 2.19. The molecule has 1 heterocycles. The summed E-state index contributed by atoms with van der Waals surface area (Å²) >= 11 is 6.01. The predicted molar refractivity (Wildman–Crippen MR) is 75.4 cm³/mol. The van der Waals surface area contributed by atoms with Crippen molar-refractivity contribution < 1.29 is 4.74 Å². The maximum absolute atomic E-state index is 6.01. The van der Waals surface area contributed by atoms with Gasteiger partial charge in [-0.15, -0.1) is 0 Å². The molecule has 1 aromatic rings. The van der Waals surface area contributed by atoms with Gasteiger partial charge in [-0.1, -0.05) is 18.5 Å². The molecule has 0 aliphatic rings. The summed E-state index contributed by atoms with van der Waals surface area (Å²) in [6.45, 7) is 7.23. The number of ether oxygens (including phenoxy) is 1. The normalized spacial score (nSPS) is 10.4. The Bertz CT molecular complexity index is 349. The molecule has 1 rings (SSSR count). The molecule has 2 N–H and O–H groups in total. The Morgan fingerprint density at radius 1 is 1.28 bits per heavy atom. The molecule has 5 nitrogen and oxygen atoms in total. The number of nitrogens with zero attached hydrogens (tertiary/aromatic N) is 2. The van der Waals surface area contributed by atoms with E-state index in [0.717, 1.165) is 39.1 Å². The molecule has 102 valence electrons. The molecule has 0 spiro atoms. The van der Waals surface area contributed by atoms with Crippen LogP contribution in [0.2, 0.25) is 5.02 Å². The fourth-order valence-corrected chi connectivity index (χ4v) is 1.52. The van der Waals surface area contributed by atoms with Crippen LogP contribution in [0.4, 0.5) is 11.8 Å². The first-order valence-corrected chi connectivity index (χ1v) is 6.73. The smallest absolute Gasteiger partial charge is 0.224 e. The van der Waals surface area contributed by atoms with Crippen LogP contribution < -0.4 is 10.6 Å². The zero-order valence-corrected chi connectivity index (χ0v) is 11.8. The van der Waals surface area contributed by atoms with Gasteiger partial charge in [-0.05, 0) is 19.8 Å². The molecule has 0 aromatic carbocycles. The molecule has 0 bridgehead atoms. The Hall–Kier alpha value is -1.07. The first-order chi connectivity index (χ1) is 8.77. The number of nitrogens with one attached hydrogen (secondary N) is 2. The molecular weight excluding hydrogens is 252 g/mol. The largest absolute Gasteiger partial charge is 0.381 e. The Balaban J connectivity index is 2.34. The van der Waals surface area contributed by atoms with E-state index in [-0.39, 0.29) is 0 Å². The van der Waals surface area contributed by atoms with Gasteiger partial charge in [0.05, 0.1) is 6.20 Å². The van der Waals surface area contributed by atoms with Crippen LogP contribution in [0.1, 0.15) is 26.7 Å². The molecule has 0 aliphatic carbocycles. The molecule has 0 saturated carbocycles. The van der Waals surface area contributed by atoms with Gasteiger partial charge in [-0.3, -0.25) is 0 Å². The lowest BCUT2D eigenvalue weighted by Crippen LogP contribution is -2.10. The van der Waals surface area contributed by atoms with E-state index in [1.807, 2.05) is 6.92 Å². The van der Waals surface area contributed by atoms with Crippen LogP contribution in [0.15, 0.2) is 6.20 Å². The summed E-state index contributed by atoms with van der Waals surface area (Å²) in [5, 5.41) is 6.77. The second kappa shape index (κ2) is 8.94. The second-order valence-electron chi connectivity index (χ2n) is 3.81. The number of anilines is 2. The zero-order chi connectivity index (χ0) is 13.2. The van der Waals surface area contributed by atoms with E-state index in [2.05, 4.69) is 27.5 Å². The minimum atomic E-state index is 0.533. The molecule has 6 heteroatoms. The first-order valence-electron chi connectivity index (χ1n) is 6.36. The molecule has 0 radical (unpaired) electrons. The molecule has 18 heavy (non-hydrogen) atoms. The number of halogens is 1. The molecule has 0 amide bonds. The number of aromatic nitrogens is 2. The van der Waals surface area contributed by atoms with Crippen LogP contribution in [-0.4, -0.2) is 36.3 Å². The standard InChI is InChI=1S/C12H21ClN4O/c1-3-7-18-8-5-6-15-11-10(13)9-16-12(17-11)14-4-2/h9H,3-8H2,1-2H3,(H2,14,15,16,17). The van der Waals surface area contributed by atoms with Crippen molar-refractivity contribution in [3.8, 4) is 0 Å². The topological polar surface area (TPSA) is 59.1 Å². The summed E-state index contributed by atoms with van der Waals surface area (Å²) in [5.41, 5.74) is 0. The third-order valence-electron chi connectivity index (χ3n) is 2.19. The fraction of sp³-hybridized carbons (Fsp3) is 0.667. The summed E-state index contributed by atoms with van der Waals surface area (Å²) < 4.78 is 5.40. The van der Waals surface area contributed by atoms with E-state index >= 15 is 0 Å². The molecule has 0 unspecified atom stereocenters. The van der Waals surface area contributed by atoms with E-state index < -0.39 is 0 Å². The number of hydrogen-bond donors (Lipinski definition) is 2. The van der Waals surface area contributed by atoms with Gasteiger partial charge < -0.3 is 15.4 Å². The van der Waals surface area contributed by atoms with E-state index in [1.54, 1.807) is 6.20 Å². The van der Waals surface area contributed by atoms with Crippen molar-refractivity contribution in [3.63, 3.8) is 0 Å². The van der Waals surface area contributed by atoms with Crippen LogP contribution in [0.25, 0.3) is 0 Å². The zero-order valence-electron chi connectivity index (χ0n) is 11.0. The predicted octanol–water partition coefficient (Wildman–Crippen LogP) is 2.79. The highest BCUT2D eigenvalue weighted by molar-refractivity contribution is 6.32. The maximum atomic E-state index is 6.01. The lowest BCUT2D eigenvalue weighted by molar-refractivity contribution is 0.134. The van der Waals surface area contributed by atoms with Gasteiger partial charge in [0.1, 0.15) is 10.8 Å². The van der Waals surface area contributed by atoms with Crippen molar-refractivity contribution >= 4 is 23.4 Å². The minimum Gasteiger partial charge on any atom is -0.381 e. The van der Waals surface area contributed by atoms with Crippen molar-refractivity contribution in [2.24, 2.45) is 0 Å². The van der Waals surface area contributed by atoms with E-state index in [4.69, 9.17) is 16.3 Å². The van der Waals surface area contributed by atoms with Crippen LogP contribution in [0.5, 0.6) is 0 Å². The molecule has 0 atom stereocenters. The summed E-state index contributed by atoms with van der Waals surface area (Å²) in [7, 11) is 0. The number of hydrogen-bond acceptors (Lipinski definition) is 5. The average molecular weight is 273 g/mol. The van der Waals surface area contributed by atoms with Crippen molar-refractivity contribution in [1.82, 2.24) is 9.97 Å². The maximum Gasteiger partial charge on any atom is 0.224 e. The van der Waals surface area contributed by atoms with Crippen LogP contribution >= 0.6 is 11.6 Å². The van der Waals surface area contributed by atoms with Crippen molar-refractivity contribution in [1.29, 1.82) is 0 Å². The van der Waals surface area contributed by atoms with Gasteiger partial charge in [0, 0.05) is 26.3 Å². The highest BCUT2D eigenvalue weighted by Gasteiger charge is 2.03. The molecule has 0 fully saturated rings. The summed E-state index contributed by atoms with van der Waals surface area (Å²) in [4.78, 5) is 8.37. The van der Waals surface area contributed by atoms with Gasteiger partial charge >= 0.3 is 0 Å². The van der Waals surface area contributed by atoms with Crippen LogP contribution in [0.3, 0.4) is 0 Å². The monoisotopic (exact) mass is 272 g/mol. The minimum absolute atomic E-state index is 0.533. The van der Waals surface area contributed by atoms with E-state index in [9.17, 15) is 0 Å². The van der Waals surface area contributed by atoms with Gasteiger partial charge in [-0.25, -0.2) is 4.98 Å².